The summed E-state index contributed by atoms with van der Waals surface area (Å²) in [5.41, 5.74) is 5.90. The second-order valence-electron chi connectivity index (χ2n) is 6.14. The fourth-order valence-electron chi connectivity index (χ4n) is 2.59. The van der Waals surface area contributed by atoms with Crippen LogP contribution in [0.1, 0.15) is 11.1 Å². The zero-order valence-electron chi connectivity index (χ0n) is 14.9. The quantitative estimate of drug-likeness (QED) is 0.283. The molecular formula is C15H15Cl3N4O7S. The number of benzene rings is 1. The van der Waals surface area contributed by atoms with E-state index < -0.39 is 50.4 Å². The zero-order valence-corrected chi connectivity index (χ0v) is 18.0. The Kier molecular flexibility index (Phi) is 7.20. The van der Waals surface area contributed by atoms with E-state index in [0.717, 1.165) is 0 Å². The van der Waals surface area contributed by atoms with Gasteiger partial charge < -0.3 is 11.1 Å². The maximum Gasteiger partial charge on any atom is 0.362 e. The topological polar surface area (TPSA) is 167 Å². The van der Waals surface area contributed by atoms with Crippen LogP contribution < -0.4 is 11.1 Å². The van der Waals surface area contributed by atoms with Crippen molar-refractivity contribution in [3.63, 3.8) is 0 Å². The minimum Gasteiger partial charge on any atom is -0.351 e. The van der Waals surface area contributed by atoms with Crippen molar-refractivity contribution in [2.45, 2.75) is 22.8 Å². The third-order valence-electron chi connectivity index (χ3n) is 4.06. The molecule has 30 heavy (non-hydrogen) atoms. The third-order valence-corrected chi connectivity index (χ3v) is 5.43. The highest BCUT2D eigenvalue weighted by atomic mass is 35.6. The van der Waals surface area contributed by atoms with Gasteiger partial charge in [0.25, 0.3) is 15.6 Å². The highest BCUT2D eigenvalue weighted by Gasteiger charge is 2.44. The van der Waals surface area contributed by atoms with Crippen LogP contribution in [0, 0.1) is 0 Å². The monoisotopic (exact) mass is 500 g/mol. The van der Waals surface area contributed by atoms with Crippen molar-refractivity contribution >= 4 is 68.9 Å². The first-order valence-electron chi connectivity index (χ1n) is 8.05. The number of nitrogens with zero attached hydrogens (tertiary/aromatic N) is 2. The molecule has 0 aromatic heterocycles. The zero-order chi connectivity index (χ0) is 22.9. The number of amides is 5. The first-order valence-corrected chi connectivity index (χ1v) is 10.6. The van der Waals surface area contributed by atoms with Crippen molar-refractivity contribution in [2.75, 3.05) is 6.54 Å². The highest BCUT2D eigenvalue weighted by Crippen LogP contribution is 2.29. The number of nitrogens with one attached hydrogen (secondary N) is 1. The number of hydrogen-bond donors (Lipinski definition) is 3. The number of carbonyl (C=O) groups is 4. The van der Waals surface area contributed by atoms with E-state index in [1.54, 1.807) is 12.1 Å². The number of imide groups is 1. The summed E-state index contributed by atoms with van der Waals surface area (Å²) in [6.07, 6.45) is -0.277. The molecule has 0 radical (unpaired) electrons. The Balaban J connectivity index is 2.10. The molecule has 1 saturated heterocycles. The van der Waals surface area contributed by atoms with Crippen molar-refractivity contribution in [1.29, 1.82) is 0 Å². The molecule has 1 aromatic rings. The van der Waals surface area contributed by atoms with Crippen LogP contribution in [0.4, 0.5) is 4.79 Å². The summed E-state index contributed by atoms with van der Waals surface area (Å²) in [5, 5.41) is 2.33. The van der Waals surface area contributed by atoms with E-state index in [-0.39, 0.29) is 17.3 Å². The smallest absolute Gasteiger partial charge is 0.351 e. The van der Waals surface area contributed by atoms with E-state index in [1.165, 1.54) is 12.1 Å². The predicted octanol–water partition coefficient (Wildman–Crippen LogP) is 0.136. The van der Waals surface area contributed by atoms with Gasteiger partial charge in [-0.2, -0.15) is 8.42 Å². The molecule has 1 fully saturated rings. The lowest BCUT2D eigenvalue weighted by Crippen LogP contribution is -2.65. The summed E-state index contributed by atoms with van der Waals surface area (Å²) in [6.45, 7) is -0.789. The number of halogens is 3. The van der Waals surface area contributed by atoms with Gasteiger partial charge in [0, 0.05) is 0 Å². The maximum atomic E-state index is 12.3. The molecule has 5 amide bonds. The van der Waals surface area contributed by atoms with Crippen LogP contribution in [-0.4, -0.2) is 62.3 Å². The summed E-state index contributed by atoms with van der Waals surface area (Å²) >= 11 is 16.6. The van der Waals surface area contributed by atoms with Crippen molar-refractivity contribution in [1.82, 2.24) is 14.5 Å². The lowest BCUT2D eigenvalue weighted by atomic mass is 10.0. The van der Waals surface area contributed by atoms with Crippen LogP contribution >= 0.6 is 34.8 Å². The van der Waals surface area contributed by atoms with Crippen LogP contribution in [0.15, 0.2) is 24.3 Å². The first kappa shape index (κ1) is 24.2. The predicted molar refractivity (Wildman–Crippen MR) is 106 cm³/mol. The lowest BCUT2D eigenvalue weighted by Gasteiger charge is -2.35. The minimum atomic E-state index is -4.67. The molecule has 11 nitrogen and oxygen atoms in total. The van der Waals surface area contributed by atoms with Gasteiger partial charge in [-0.1, -0.05) is 59.1 Å². The average Bonchev–Trinajstić information content (AvgIpc) is 2.61. The largest absolute Gasteiger partial charge is 0.362 e. The van der Waals surface area contributed by atoms with Gasteiger partial charge in [-0.25, -0.2) is 9.10 Å². The van der Waals surface area contributed by atoms with Gasteiger partial charge in [0.15, 0.2) is 0 Å². The van der Waals surface area contributed by atoms with Crippen molar-refractivity contribution < 1.29 is 32.1 Å². The fraction of sp³-hybridized carbons (Fsp3) is 0.333. The molecular weight excluding hydrogens is 487 g/mol. The molecule has 4 N–H and O–H groups in total. The average molecular weight is 502 g/mol. The summed E-state index contributed by atoms with van der Waals surface area (Å²) in [5.74, 6) is -2.80. The molecule has 1 aromatic carbocycles. The number of urea groups is 1. The first-order chi connectivity index (χ1) is 13.7. The van der Waals surface area contributed by atoms with E-state index in [4.69, 9.17) is 45.1 Å². The molecule has 1 atom stereocenters. The number of β-lactam (4-membered cyclic amide) rings is 1. The number of rotatable bonds is 6. The molecule has 1 unspecified atom stereocenters. The van der Waals surface area contributed by atoms with Crippen LogP contribution in [0.25, 0.3) is 0 Å². The van der Waals surface area contributed by atoms with Crippen LogP contribution in [0.3, 0.4) is 0 Å². The maximum absolute atomic E-state index is 12.3. The molecule has 1 aliphatic heterocycles. The van der Waals surface area contributed by atoms with E-state index in [1.807, 2.05) is 0 Å². The van der Waals surface area contributed by atoms with Crippen LogP contribution in [-0.2, 0) is 37.7 Å². The standard InChI is InChI=1S/C15H15Cl3N4O7S/c16-15(17,18)13(25)21(14(19)26)6-9-4-2-1-3-8(9)5-11(23)20-10-7-22(12(10)24)30(27,28)29/h1-4,10H,5-7H2,(H2,19,26)(H,20,23)(H,27,28,29). The third kappa shape index (κ3) is 5.73. The molecule has 2 rings (SSSR count). The van der Waals surface area contributed by atoms with Gasteiger partial charge in [-0.3, -0.25) is 23.8 Å². The summed E-state index contributed by atoms with van der Waals surface area (Å²) in [6, 6.07) is 3.93. The molecule has 0 saturated carbocycles. The molecule has 1 aliphatic rings. The lowest BCUT2D eigenvalue weighted by molar-refractivity contribution is -0.140. The number of hydrogen-bond acceptors (Lipinski definition) is 6. The summed E-state index contributed by atoms with van der Waals surface area (Å²) < 4.78 is 28.5. The molecule has 164 valence electrons. The van der Waals surface area contributed by atoms with E-state index in [2.05, 4.69) is 5.32 Å². The van der Waals surface area contributed by atoms with Gasteiger partial charge in [0.1, 0.15) is 6.04 Å². The van der Waals surface area contributed by atoms with Crippen molar-refractivity contribution in [3.05, 3.63) is 35.4 Å². The SMILES string of the molecule is NC(=O)N(Cc1ccccc1CC(=O)NC1CN(S(=O)(=O)O)C1=O)C(=O)C(Cl)(Cl)Cl. The van der Waals surface area contributed by atoms with Crippen LogP contribution in [0.2, 0.25) is 0 Å². The second-order valence-corrected chi connectivity index (χ2v) is 9.76. The van der Waals surface area contributed by atoms with Gasteiger partial charge >= 0.3 is 16.3 Å². The summed E-state index contributed by atoms with van der Waals surface area (Å²) in [7, 11) is -4.67. The van der Waals surface area contributed by atoms with Crippen LogP contribution in [0.5, 0.6) is 0 Å². The minimum absolute atomic E-state index is 0.207. The van der Waals surface area contributed by atoms with Gasteiger partial charge in [-0.15, -0.1) is 0 Å². The highest BCUT2D eigenvalue weighted by molar-refractivity contribution is 7.84. The summed E-state index contributed by atoms with van der Waals surface area (Å²) in [4.78, 5) is 48.2. The molecule has 0 bridgehead atoms. The van der Waals surface area contributed by atoms with Gasteiger partial charge in [-0.05, 0) is 11.1 Å². The van der Waals surface area contributed by atoms with Gasteiger partial charge in [0.05, 0.1) is 19.5 Å². The Hall–Kier alpha value is -2.12. The molecule has 1 heterocycles. The Morgan fingerprint density at radius 2 is 1.80 bits per heavy atom. The Bertz CT molecular complexity index is 996. The molecule has 15 heteroatoms. The Morgan fingerprint density at radius 3 is 2.27 bits per heavy atom. The number of primary amides is 1. The number of carbonyl (C=O) groups excluding carboxylic acids is 4. The van der Waals surface area contributed by atoms with E-state index in [9.17, 15) is 27.6 Å². The fourth-order valence-corrected chi connectivity index (χ4v) is 3.58. The number of nitrogens with two attached hydrogens (primary N) is 1. The van der Waals surface area contributed by atoms with Crippen molar-refractivity contribution in [3.8, 4) is 0 Å². The molecule has 0 aliphatic carbocycles. The Morgan fingerprint density at radius 1 is 1.23 bits per heavy atom. The second kappa shape index (κ2) is 8.94. The Labute approximate surface area is 185 Å². The number of alkyl halides is 3. The van der Waals surface area contributed by atoms with E-state index >= 15 is 0 Å². The van der Waals surface area contributed by atoms with E-state index in [0.29, 0.717) is 16.0 Å². The molecule has 0 spiro atoms. The van der Waals surface area contributed by atoms with Crippen molar-refractivity contribution in [2.24, 2.45) is 5.73 Å². The van der Waals surface area contributed by atoms with Gasteiger partial charge in [0.2, 0.25) is 5.91 Å². The normalized spacial score (nSPS) is 16.6.